The molecule has 3 rings (SSSR count). The Morgan fingerprint density at radius 3 is 2.56 bits per heavy atom. The fraction of sp³-hybridized carbons (Fsp3) is 0.235. The Morgan fingerprint density at radius 2 is 1.89 bits per heavy atom. The predicted octanol–water partition coefficient (Wildman–Crippen LogP) is 2.85. The van der Waals surface area contributed by atoms with Crippen molar-refractivity contribution in [1.29, 1.82) is 0 Å². The molecule has 0 amide bonds. The Bertz CT molecular complexity index is 927. The Labute approximate surface area is 159 Å². The first kappa shape index (κ1) is 18.9. The number of nitrogens with zero attached hydrogens (tertiary/aromatic N) is 5. The summed E-state index contributed by atoms with van der Waals surface area (Å²) in [5, 5.41) is 16.2. The summed E-state index contributed by atoms with van der Waals surface area (Å²) in [6, 6.07) is 4.45. The van der Waals surface area contributed by atoms with Crippen molar-refractivity contribution in [2.24, 2.45) is 0 Å². The first-order chi connectivity index (χ1) is 13.2. The number of hydrogen-bond donors (Lipinski definition) is 0. The highest BCUT2D eigenvalue weighted by Crippen LogP contribution is 2.36. The minimum Gasteiger partial charge on any atom is -0.480 e. The van der Waals surface area contributed by atoms with Gasteiger partial charge in [-0.05, 0) is 18.4 Å². The summed E-state index contributed by atoms with van der Waals surface area (Å²) in [7, 11) is 2.96. The van der Waals surface area contributed by atoms with Gasteiger partial charge in [-0.25, -0.2) is 9.37 Å². The summed E-state index contributed by atoms with van der Waals surface area (Å²) in [4.78, 5) is 4.17. The van der Waals surface area contributed by atoms with Gasteiger partial charge in [-0.3, -0.25) is 0 Å². The predicted molar refractivity (Wildman–Crippen MR) is 97.1 cm³/mol. The molecular weight excluding hydrogens is 373 g/mol. The zero-order valence-corrected chi connectivity index (χ0v) is 15.7. The molecule has 0 aliphatic carbocycles. The monoisotopic (exact) mass is 389 g/mol. The lowest BCUT2D eigenvalue weighted by molar-refractivity contribution is 0.0515. The Morgan fingerprint density at radius 1 is 1.04 bits per heavy atom. The number of rotatable bonds is 7. The quantitative estimate of drug-likeness (QED) is 0.447. The SMILES string of the molecule is COCOc1cc(-c2cnnc(OC)c2)c(F)cc1-c1cnc(SC)nn1. The third kappa shape index (κ3) is 4.29. The van der Waals surface area contributed by atoms with Gasteiger partial charge in [0.25, 0.3) is 0 Å². The molecule has 3 aromatic rings. The maximum absolute atomic E-state index is 14.9. The minimum atomic E-state index is -0.486. The van der Waals surface area contributed by atoms with Gasteiger partial charge in [0.15, 0.2) is 6.79 Å². The van der Waals surface area contributed by atoms with Crippen LogP contribution in [0.3, 0.4) is 0 Å². The lowest BCUT2D eigenvalue weighted by atomic mass is 10.0. The van der Waals surface area contributed by atoms with Crippen molar-refractivity contribution < 1.29 is 18.6 Å². The van der Waals surface area contributed by atoms with Crippen LogP contribution in [0.4, 0.5) is 4.39 Å². The van der Waals surface area contributed by atoms with E-state index in [0.717, 1.165) is 0 Å². The minimum absolute atomic E-state index is 0.0141. The van der Waals surface area contributed by atoms with Crippen molar-refractivity contribution in [3.63, 3.8) is 0 Å². The molecule has 1 aromatic carbocycles. The van der Waals surface area contributed by atoms with Crippen molar-refractivity contribution in [2.45, 2.75) is 5.16 Å². The zero-order valence-electron chi connectivity index (χ0n) is 14.8. The molecule has 140 valence electrons. The lowest BCUT2D eigenvalue weighted by Crippen LogP contribution is -2.03. The summed E-state index contributed by atoms with van der Waals surface area (Å²) in [5.74, 6) is 0.163. The summed E-state index contributed by atoms with van der Waals surface area (Å²) >= 11 is 1.36. The van der Waals surface area contributed by atoms with Gasteiger partial charge in [0.2, 0.25) is 11.0 Å². The van der Waals surface area contributed by atoms with Gasteiger partial charge >= 0.3 is 0 Å². The van der Waals surface area contributed by atoms with Gasteiger partial charge in [-0.1, -0.05) is 11.8 Å². The van der Waals surface area contributed by atoms with Gasteiger partial charge in [0.1, 0.15) is 17.3 Å². The van der Waals surface area contributed by atoms with Crippen LogP contribution in [0, 0.1) is 5.82 Å². The number of ether oxygens (including phenoxy) is 3. The molecule has 0 radical (unpaired) electrons. The molecule has 0 spiro atoms. The highest BCUT2D eigenvalue weighted by Gasteiger charge is 2.17. The van der Waals surface area contributed by atoms with Gasteiger partial charge < -0.3 is 14.2 Å². The third-order valence-corrected chi connectivity index (χ3v) is 4.11. The maximum Gasteiger partial charge on any atom is 0.233 e. The number of halogens is 1. The molecule has 0 bridgehead atoms. The number of methoxy groups -OCH3 is 2. The smallest absolute Gasteiger partial charge is 0.233 e. The second-order valence-corrected chi connectivity index (χ2v) is 5.97. The Kier molecular flexibility index (Phi) is 6.09. The molecule has 0 aliphatic rings. The molecule has 0 aliphatic heterocycles. The number of aromatic nitrogens is 5. The van der Waals surface area contributed by atoms with Crippen LogP contribution in [0.2, 0.25) is 0 Å². The van der Waals surface area contributed by atoms with E-state index < -0.39 is 5.82 Å². The summed E-state index contributed by atoms with van der Waals surface area (Å²) in [6.07, 6.45) is 4.80. The molecule has 0 saturated heterocycles. The fourth-order valence-electron chi connectivity index (χ4n) is 2.29. The van der Waals surface area contributed by atoms with Crippen LogP contribution in [-0.4, -0.2) is 52.6 Å². The van der Waals surface area contributed by atoms with Gasteiger partial charge in [-0.15, -0.1) is 15.3 Å². The normalized spacial score (nSPS) is 10.7. The van der Waals surface area contributed by atoms with Crippen LogP contribution in [0.5, 0.6) is 11.6 Å². The van der Waals surface area contributed by atoms with E-state index in [-0.39, 0.29) is 18.2 Å². The molecule has 2 aromatic heterocycles. The summed E-state index contributed by atoms with van der Waals surface area (Å²) < 4.78 is 30.5. The molecule has 8 nitrogen and oxygen atoms in total. The van der Waals surface area contributed by atoms with Crippen LogP contribution in [0.25, 0.3) is 22.4 Å². The van der Waals surface area contributed by atoms with Crippen molar-refractivity contribution in [3.05, 3.63) is 36.4 Å². The molecule has 0 atom stereocenters. The molecule has 0 unspecified atom stereocenters. The van der Waals surface area contributed by atoms with E-state index in [1.165, 1.54) is 44.4 Å². The lowest BCUT2D eigenvalue weighted by Gasteiger charge is -2.13. The van der Waals surface area contributed by atoms with Gasteiger partial charge in [-0.2, -0.15) is 5.10 Å². The van der Waals surface area contributed by atoms with Crippen molar-refractivity contribution >= 4 is 11.8 Å². The van der Waals surface area contributed by atoms with E-state index in [2.05, 4.69) is 25.4 Å². The summed E-state index contributed by atoms with van der Waals surface area (Å²) in [6.45, 7) is -0.0141. The number of thioether (sulfide) groups is 1. The number of benzene rings is 1. The van der Waals surface area contributed by atoms with E-state index >= 15 is 0 Å². The van der Waals surface area contributed by atoms with E-state index in [1.54, 1.807) is 12.1 Å². The molecule has 0 N–H and O–H groups in total. The van der Waals surface area contributed by atoms with Crippen LogP contribution in [0.1, 0.15) is 0 Å². The van der Waals surface area contributed by atoms with Crippen molar-refractivity contribution in [2.75, 3.05) is 27.3 Å². The topological polar surface area (TPSA) is 92.1 Å². The fourth-order valence-corrected chi connectivity index (χ4v) is 2.57. The average molecular weight is 389 g/mol. The van der Waals surface area contributed by atoms with E-state index in [4.69, 9.17) is 14.2 Å². The van der Waals surface area contributed by atoms with Crippen LogP contribution < -0.4 is 9.47 Å². The van der Waals surface area contributed by atoms with Crippen LogP contribution in [-0.2, 0) is 4.74 Å². The Hall–Kier alpha value is -2.85. The first-order valence-electron chi connectivity index (χ1n) is 7.72. The van der Waals surface area contributed by atoms with Crippen LogP contribution >= 0.6 is 11.8 Å². The third-order valence-electron chi connectivity index (χ3n) is 3.55. The highest BCUT2D eigenvalue weighted by atomic mass is 32.2. The standard InChI is InChI=1S/C17H16FN5O3S/c1-24-9-26-15-6-11(10-4-16(25-2)22-20-7-10)13(18)5-12(15)14-8-19-17(27-3)23-21-14/h4-8H,9H2,1-3H3. The second-order valence-electron chi connectivity index (χ2n) is 5.20. The molecule has 10 heteroatoms. The molecule has 0 saturated carbocycles. The average Bonchev–Trinajstić information content (AvgIpc) is 2.72. The van der Waals surface area contributed by atoms with Crippen molar-refractivity contribution in [1.82, 2.24) is 25.4 Å². The molecule has 27 heavy (non-hydrogen) atoms. The van der Waals surface area contributed by atoms with E-state index in [9.17, 15) is 4.39 Å². The van der Waals surface area contributed by atoms with Crippen molar-refractivity contribution in [3.8, 4) is 34.0 Å². The van der Waals surface area contributed by atoms with E-state index in [1.807, 2.05) is 6.26 Å². The Balaban J connectivity index is 2.09. The summed E-state index contributed by atoms with van der Waals surface area (Å²) in [5.41, 5.74) is 1.57. The van der Waals surface area contributed by atoms with E-state index in [0.29, 0.717) is 27.7 Å². The van der Waals surface area contributed by atoms with Gasteiger partial charge in [0.05, 0.1) is 19.5 Å². The molecular formula is C17H16FN5O3S. The zero-order chi connectivity index (χ0) is 19.2. The maximum atomic E-state index is 14.9. The molecule has 0 fully saturated rings. The second kappa shape index (κ2) is 8.69. The van der Waals surface area contributed by atoms with Crippen LogP contribution in [0.15, 0.2) is 35.7 Å². The first-order valence-corrected chi connectivity index (χ1v) is 8.95. The largest absolute Gasteiger partial charge is 0.480 e. The number of hydrogen-bond acceptors (Lipinski definition) is 9. The highest BCUT2D eigenvalue weighted by molar-refractivity contribution is 7.98. The van der Waals surface area contributed by atoms with Gasteiger partial charge in [0, 0.05) is 29.9 Å². The molecule has 2 heterocycles.